The normalized spacial score (nSPS) is 18.4. The summed E-state index contributed by atoms with van der Waals surface area (Å²) in [4.78, 5) is 17.2. The summed E-state index contributed by atoms with van der Waals surface area (Å²) in [6.07, 6.45) is 1.61. The Hall–Kier alpha value is -1.74. The second kappa shape index (κ2) is 5.71. The molecule has 1 fully saturated rings. The van der Waals surface area contributed by atoms with E-state index >= 15 is 0 Å². The first kappa shape index (κ1) is 14.7. The molecule has 3 N–H and O–H groups in total. The van der Waals surface area contributed by atoms with E-state index in [-0.39, 0.29) is 36.0 Å². The number of halogens is 1. The van der Waals surface area contributed by atoms with Gasteiger partial charge in [-0.3, -0.25) is 4.79 Å². The topological polar surface area (TPSA) is 105 Å². The van der Waals surface area contributed by atoms with Crippen LogP contribution in [0.4, 0.5) is 10.2 Å². The molecule has 0 saturated carbocycles. The van der Waals surface area contributed by atoms with Crippen LogP contribution < -0.4 is 11.3 Å². The Morgan fingerprint density at radius 3 is 2.85 bits per heavy atom. The highest BCUT2D eigenvalue weighted by Crippen LogP contribution is 2.17. The van der Waals surface area contributed by atoms with Crippen molar-refractivity contribution in [3.63, 3.8) is 0 Å². The Balaban J connectivity index is 2.23. The van der Waals surface area contributed by atoms with Gasteiger partial charge < -0.3 is 10.3 Å². The van der Waals surface area contributed by atoms with Crippen LogP contribution in [0.2, 0.25) is 0 Å². The molecule has 1 aromatic rings. The Labute approximate surface area is 115 Å². The monoisotopic (exact) mass is 302 g/mol. The highest BCUT2D eigenvalue weighted by Gasteiger charge is 2.25. The summed E-state index contributed by atoms with van der Waals surface area (Å²) in [6, 6.07) is 1.25. The van der Waals surface area contributed by atoms with Crippen molar-refractivity contribution in [2.45, 2.75) is 6.42 Å². The molecule has 1 amide bonds. The molecule has 0 radical (unpaired) electrons. The lowest BCUT2D eigenvalue weighted by atomic mass is 10.2. The summed E-state index contributed by atoms with van der Waals surface area (Å²) in [5.41, 5.74) is 1.89. The molecule has 1 aliphatic rings. The largest absolute Gasteiger partial charge is 0.338 e. The number of hydrogen-bond donors (Lipinski definition) is 2. The molecule has 20 heavy (non-hydrogen) atoms. The number of hydrogen-bond acceptors (Lipinski definition) is 6. The third-order valence-electron chi connectivity index (χ3n) is 3.10. The molecule has 0 atom stereocenters. The van der Waals surface area contributed by atoms with Crippen LogP contribution in [0.5, 0.6) is 0 Å². The highest BCUT2D eigenvalue weighted by atomic mass is 32.2. The van der Waals surface area contributed by atoms with Crippen molar-refractivity contribution in [3.8, 4) is 0 Å². The second-order valence-corrected chi connectivity index (χ2v) is 6.77. The molecule has 7 nitrogen and oxygen atoms in total. The van der Waals surface area contributed by atoms with Gasteiger partial charge >= 0.3 is 0 Å². The van der Waals surface area contributed by atoms with Gasteiger partial charge in [-0.1, -0.05) is 0 Å². The summed E-state index contributed by atoms with van der Waals surface area (Å²) in [5.74, 6) is 3.42. The minimum absolute atomic E-state index is 0.0468. The molecule has 110 valence electrons. The molecular formula is C11H15FN4O3S. The second-order valence-electron chi connectivity index (χ2n) is 4.46. The molecule has 0 aliphatic carbocycles. The van der Waals surface area contributed by atoms with Gasteiger partial charge in [-0.15, -0.1) is 0 Å². The van der Waals surface area contributed by atoms with E-state index in [0.29, 0.717) is 6.42 Å². The zero-order valence-corrected chi connectivity index (χ0v) is 11.5. The number of nitrogen functional groups attached to an aromatic ring is 1. The van der Waals surface area contributed by atoms with Crippen molar-refractivity contribution < 1.29 is 17.6 Å². The van der Waals surface area contributed by atoms with E-state index in [9.17, 15) is 17.6 Å². The summed E-state index contributed by atoms with van der Waals surface area (Å²) < 4.78 is 36.9. The Morgan fingerprint density at radius 1 is 1.40 bits per heavy atom. The number of sulfone groups is 1. The van der Waals surface area contributed by atoms with Crippen LogP contribution >= 0.6 is 0 Å². The number of amides is 1. The summed E-state index contributed by atoms with van der Waals surface area (Å²) in [5, 5.41) is 0. The molecule has 2 rings (SSSR count). The molecule has 1 aromatic heterocycles. The SMILES string of the molecule is NNc1nccc(C(=O)N2CCCS(=O)(=O)CC2)c1F. The lowest BCUT2D eigenvalue weighted by Gasteiger charge is -2.20. The molecule has 0 aromatic carbocycles. The first-order valence-electron chi connectivity index (χ1n) is 6.05. The van der Waals surface area contributed by atoms with Crippen molar-refractivity contribution in [1.82, 2.24) is 9.88 Å². The fourth-order valence-electron chi connectivity index (χ4n) is 2.02. The van der Waals surface area contributed by atoms with Crippen LogP contribution in [-0.2, 0) is 9.84 Å². The highest BCUT2D eigenvalue weighted by molar-refractivity contribution is 7.91. The van der Waals surface area contributed by atoms with E-state index in [0.717, 1.165) is 0 Å². The molecule has 9 heteroatoms. The number of rotatable bonds is 2. The molecule has 1 saturated heterocycles. The molecule has 1 aliphatic heterocycles. The molecular weight excluding hydrogens is 287 g/mol. The van der Waals surface area contributed by atoms with Gasteiger partial charge in [0.05, 0.1) is 17.1 Å². The van der Waals surface area contributed by atoms with Crippen molar-refractivity contribution in [3.05, 3.63) is 23.6 Å². The predicted octanol–water partition coefficient (Wildman–Crippen LogP) is -0.233. The number of carbonyl (C=O) groups is 1. The zero-order chi connectivity index (χ0) is 14.8. The van der Waals surface area contributed by atoms with Crippen molar-refractivity contribution in [1.29, 1.82) is 0 Å². The summed E-state index contributed by atoms with van der Waals surface area (Å²) in [7, 11) is -3.12. The van der Waals surface area contributed by atoms with Gasteiger partial charge in [-0.05, 0) is 12.5 Å². The average molecular weight is 302 g/mol. The van der Waals surface area contributed by atoms with Gasteiger partial charge in [-0.2, -0.15) is 0 Å². The summed E-state index contributed by atoms with van der Waals surface area (Å²) >= 11 is 0. The van der Waals surface area contributed by atoms with Gasteiger partial charge in [0.15, 0.2) is 21.5 Å². The zero-order valence-electron chi connectivity index (χ0n) is 10.7. The van der Waals surface area contributed by atoms with Crippen LogP contribution in [0, 0.1) is 5.82 Å². The van der Waals surface area contributed by atoms with Crippen LogP contribution in [0.15, 0.2) is 12.3 Å². The third kappa shape index (κ3) is 3.05. The standard InChI is InChI=1S/C11H15FN4O3S/c12-9-8(2-3-14-10(9)15-13)11(17)16-4-1-6-20(18,19)7-5-16/h2-3H,1,4-7,13H2,(H,14,15). The van der Waals surface area contributed by atoms with E-state index in [1.807, 2.05) is 0 Å². The van der Waals surface area contributed by atoms with Gasteiger partial charge in [0.25, 0.3) is 5.91 Å². The maximum absolute atomic E-state index is 14.0. The van der Waals surface area contributed by atoms with Crippen molar-refractivity contribution in [2.75, 3.05) is 30.0 Å². The number of aromatic nitrogens is 1. The number of nitrogens with zero attached hydrogens (tertiary/aromatic N) is 2. The van der Waals surface area contributed by atoms with Gasteiger partial charge in [-0.25, -0.2) is 23.6 Å². The number of nitrogens with one attached hydrogen (secondary N) is 1. The maximum atomic E-state index is 14.0. The van der Waals surface area contributed by atoms with E-state index in [2.05, 4.69) is 10.4 Å². The minimum atomic E-state index is -3.12. The number of anilines is 1. The first-order valence-corrected chi connectivity index (χ1v) is 7.87. The van der Waals surface area contributed by atoms with Crippen molar-refractivity contribution >= 4 is 21.6 Å². The fraction of sp³-hybridized carbons (Fsp3) is 0.455. The molecule has 0 bridgehead atoms. The van der Waals surface area contributed by atoms with Crippen LogP contribution in [-0.4, -0.2) is 48.8 Å². The van der Waals surface area contributed by atoms with Crippen LogP contribution in [0.3, 0.4) is 0 Å². The Morgan fingerprint density at radius 2 is 2.15 bits per heavy atom. The predicted molar refractivity (Wildman–Crippen MR) is 71.2 cm³/mol. The molecule has 0 spiro atoms. The fourth-order valence-corrected chi connectivity index (χ4v) is 3.29. The van der Waals surface area contributed by atoms with E-state index in [1.54, 1.807) is 0 Å². The van der Waals surface area contributed by atoms with Crippen molar-refractivity contribution in [2.24, 2.45) is 5.84 Å². The van der Waals surface area contributed by atoms with Gasteiger partial charge in [0.1, 0.15) is 0 Å². The first-order chi connectivity index (χ1) is 9.44. The lowest BCUT2D eigenvalue weighted by Crippen LogP contribution is -2.34. The number of nitrogens with two attached hydrogens (primary N) is 1. The third-order valence-corrected chi connectivity index (χ3v) is 4.81. The number of pyridine rings is 1. The van der Waals surface area contributed by atoms with E-state index in [4.69, 9.17) is 5.84 Å². The molecule has 2 heterocycles. The maximum Gasteiger partial charge on any atom is 0.257 e. The van der Waals surface area contributed by atoms with Gasteiger partial charge in [0.2, 0.25) is 0 Å². The Kier molecular flexibility index (Phi) is 4.19. The number of hydrazine groups is 1. The lowest BCUT2D eigenvalue weighted by molar-refractivity contribution is 0.0763. The smallest absolute Gasteiger partial charge is 0.257 e. The quantitative estimate of drug-likeness (QED) is 0.577. The van der Waals surface area contributed by atoms with Crippen LogP contribution in [0.1, 0.15) is 16.8 Å². The number of carbonyl (C=O) groups excluding carboxylic acids is 1. The van der Waals surface area contributed by atoms with Gasteiger partial charge in [0, 0.05) is 19.3 Å². The minimum Gasteiger partial charge on any atom is -0.338 e. The van der Waals surface area contributed by atoms with E-state index in [1.165, 1.54) is 17.2 Å². The Bertz CT molecular complexity index is 620. The van der Waals surface area contributed by atoms with Crippen LogP contribution in [0.25, 0.3) is 0 Å². The average Bonchev–Trinajstić information content (AvgIpc) is 2.59. The molecule has 0 unspecified atom stereocenters. The van der Waals surface area contributed by atoms with E-state index < -0.39 is 21.6 Å². The summed E-state index contributed by atoms with van der Waals surface area (Å²) in [6.45, 7) is 0.347.